The maximum absolute atomic E-state index is 12.7. The summed E-state index contributed by atoms with van der Waals surface area (Å²) in [6.45, 7) is 4.83. The van der Waals surface area contributed by atoms with Crippen molar-refractivity contribution in [1.29, 1.82) is 0 Å². The molecule has 1 fully saturated rings. The van der Waals surface area contributed by atoms with Crippen LogP contribution in [0.2, 0.25) is 0 Å². The molecule has 1 saturated carbocycles. The smallest absolute Gasteiger partial charge is 0.322 e. The number of hydrogen-bond donors (Lipinski definition) is 1. The maximum atomic E-state index is 12.7. The van der Waals surface area contributed by atoms with Gasteiger partial charge in [-0.15, -0.1) is 5.10 Å². The van der Waals surface area contributed by atoms with Crippen LogP contribution in [0.3, 0.4) is 0 Å². The van der Waals surface area contributed by atoms with Crippen LogP contribution >= 0.6 is 0 Å². The first-order chi connectivity index (χ1) is 13.0. The Balaban J connectivity index is 1.70. The van der Waals surface area contributed by atoms with Crippen molar-refractivity contribution in [2.24, 2.45) is 0 Å². The average Bonchev–Trinajstić information content (AvgIpc) is 3.41. The predicted molar refractivity (Wildman–Crippen MR) is 100 cm³/mol. The zero-order chi connectivity index (χ0) is 19.4. The van der Waals surface area contributed by atoms with Gasteiger partial charge in [0.1, 0.15) is 0 Å². The quantitative estimate of drug-likeness (QED) is 0.703. The Labute approximate surface area is 159 Å². The number of nitrogens with zero attached hydrogens (tertiary/aromatic N) is 3. The van der Waals surface area contributed by atoms with Crippen LogP contribution in [0.1, 0.15) is 61.7 Å². The van der Waals surface area contributed by atoms with E-state index >= 15 is 0 Å². The lowest BCUT2D eigenvalue weighted by Crippen LogP contribution is -2.32. The molecule has 1 aliphatic carbocycles. The molecule has 0 aliphatic heterocycles. The molecular formula is C18H24N4O4S. The van der Waals surface area contributed by atoms with E-state index in [1.165, 1.54) is 28.6 Å². The third kappa shape index (κ3) is 4.54. The SMILES string of the molecule is CCCN(CCC)S(=O)(=O)c1ccc(C(=O)Nc2nnc(C3CC3)o2)cc1. The molecule has 3 rings (SSSR count). The fraction of sp³-hybridized carbons (Fsp3) is 0.500. The molecule has 0 spiro atoms. The van der Waals surface area contributed by atoms with Crippen molar-refractivity contribution in [3.63, 3.8) is 0 Å². The lowest BCUT2D eigenvalue weighted by Gasteiger charge is -2.21. The zero-order valence-corrected chi connectivity index (χ0v) is 16.3. The number of rotatable bonds is 9. The van der Waals surface area contributed by atoms with E-state index in [1.54, 1.807) is 0 Å². The molecule has 0 unspecified atom stereocenters. The fourth-order valence-corrected chi connectivity index (χ4v) is 4.35. The molecule has 1 amide bonds. The summed E-state index contributed by atoms with van der Waals surface area (Å²) >= 11 is 0. The molecular weight excluding hydrogens is 368 g/mol. The van der Waals surface area contributed by atoms with Crippen molar-refractivity contribution in [2.45, 2.75) is 50.3 Å². The summed E-state index contributed by atoms with van der Waals surface area (Å²) in [5.74, 6) is 0.421. The number of carbonyl (C=O) groups excluding carboxylic acids is 1. The molecule has 0 saturated heterocycles. The topological polar surface area (TPSA) is 105 Å². The van der Waals surface area contributed by atoms with Crippen molar-refractivity contribution >= 4 is 21.9 Å². The average molecular weight is 392 g/mol. The Morgan fingerprint density at radius 1 is 1.15 bits per heavy atom. The van der Waals surface area contributed by atoms with Crippen LogP contribution < -0.4 is 5.32 Å². The van der Waals surface area contributed by atoms with E-state index in [0.29, 0.717) is 30.5 Å². The largest absolute Gasteiger partial charge is 0.408 e. The van der Waals surface area contributed by atoms with Crippen LogP contribution in [0, 0.1) is 0 Å². The number of anilines is 1. The van der Waals surface area contributed by atoms with Gasteiger partial charge in [0.2, 0.25) is 15.9 Å². The first-order valence-corrected chi connectivity index (χ1v) is 10.6. The van der Waals surface area contributed by atoms with Gasteiger partial charge in [-0.25, -0.2) is 8.42 Å². The van der Waals surface area contributed by atoms with Gasteiger partial charge in [0.25, 0.3) is 5.91 Å². The lowest BCUT2D eigenvalue weighted by molar-refractivity contribution is 0.102. The van der Waals surface area contributed by atoms with Gasteiger partial charge in [0, 0.05) is 24.6 Å². The van der Waals surface area contributed by atoms with Crippen LogP contribution in [0.15, 0.2) is 33.6 Å². The molecule has 0 atom stereocenters. The number of nitrogens with one attached hydrogen (secondary N) is 1. The van der Waals surface area contributed by atoms with E-state index < -0.39 is 15.9 Å². The second kappa shape index (κ2) is 8.18. The van der Waals surface area contributed by atoms with Gasteiger partial charge in [-0.1, -0.05) is 18.9 Å². The van der Waals surface area contributed by atoms with E-state index in [9.17, 15) is 13.2 Å². The second-order valence-electron chi connectivity index (χ2n) is 6.60. The molecule has 2 aromatic rings. The predicted octanol–water partition coefficient (Wildman–Crippen LogP) is 3.01. The third-order valence-electron chi connectivity index (χ3n) is 4.29. The number of amides is 1. The highest BCUT2D eigenvalue weighted by molar-refractivity contribution is 7.89. The molecule has 27 heavy (non-hydrogen) atoms. The van der Waals surface area contributed by atoms with Crippen molar-refractivity contribution in [1.82, 2.24) is 14.5 Å². The number of aromatic nitrogens is 2. The molecule has 0 radical (unpaired) electrons. The number of benzene rings is 1. The number of carbonyl (C=O) groups is 1. The summed E-state index contributed by atoms with van der Waals surface area (Å²) in [6, 6.07) is 5.92. The van der Waals surface area contributed by atoms with Gasteiger partial charge >= 0.3 is 6.01 Å². The highest BCUT2D eigenvalue weighted by atomic mass is 32.2. The summed E-state index contributed by atoms with van der Waals surface area (Å²) in [4.78, 5) is 12.5. The van der Waals surface area contributed by atoms with Crippen LogP contribution in [0.4, 0.5) is 6.01 Å². The standard InChI is InChI=1S/C18H24N4O4S/c1-3-11-22(12-4-2)27(24,25)15-9-7-13(8-10-15)16(23)19-18-21-20-17(26-18)14-5-6-14/h7-10,14H,3-6,11-12H2,1-2H3,(H,19,21,23). The summed E-state index contributed by atoms with van der Waals surface area (Å²) in [5.41, 5.74) is 0.317. The van der Waals surface area contributed by atoms with Crippen molar-refractivity contribution in [3.05, 3.63) is 35.7 Å². The first-order valence-electron chi connectivity index (χ1n) is 9.20. The Bertz CT molecular complexity index is 882. The maximum Gasteiger partial charge on any atom is 0.322 e. The summed E-state index contributed by atoms with van der Waals surface area (Å²) in [7, 11) is -3.57. The minimum atomic E-state index is -3.57. The first kappa shape index (κ1) is 19.5. The van der Waals surface area contributed by atoms with Crippen molar-refractivity contribution in [3.8, 4) is 0 Å². The number of hydrogen-bond acceptors (Lipinski definition) is 6. The van der Waals surface area contributed by atoms with Crippen LogP contribution in [0.5, 0.6) is 0 Å². The summed E-state index contributed by atoms with van der Waals surface area (Å²) in [6.07, 6.45) is 3.54. The van der Waals surface area contributed by atoms with Crippen LogP contribution in [-0.2, 0) is 10.0 Å². The monoisotopic (exact) mass is 392 g/mol. The molecule has 1 heterocycles. The van der Waals surface area contributed by atoms with Gasteiger partial charge in [-0.3, -0.25) is 10.1 Å². The molecule has 0 bridgehead atoms. The van der Waals surface area contributed by atoms with E-state index in [1.807, 2.05) is 13.8 Å². The highest BCUT2D eigenvalue weighted by Crippen LogP contribution is 2.39. The Hall–Kier alpha value is -2.26. The fourth-order valence-electron chi connectivity index (χ4n) is 2.73. The van der Waals surface area contributed by atoms with Gasteiger partial charge in [0.15, 0.2) is 0 Å². The summed E-state index contributed by atoms with van der Waals surface area (Å²) < 4.78 is 32.4. The van der Waals surface area contributed by atoms with Crippen molar-refractivity contribution < 1.29 is 17.6 Å². The lowest BCUT2D eigenvalue weighted by atomic mass is 10.2. The Morgan fingerprint density at radius 3 is 2.33 bits per heavy atom. The molecule has 1 aliphatic rings. The van der Waals surface area contributed by atoms with Crippen molar-refractivity contribution in [2.75, 3.05) is 18.4 Å². The molecule has 1 aromatic carbocycles. The number of sulfonamides is 1. The van der Waals surface area contributed by atoms with Gasteiger partial charge in [0.05, 0.1) is 4.90 Å². The minimum Gasteiger partial charge on any atom is -0.408 e. The van der Waals surface area contributed by atoms with Gasteiger partial charge in [-0.2, -0.15) is 4.31 Å². The van der Waals surface area contributed by atoms with E-state index in [-0.39, 0.29) is 10.9 Å². The minimum absolute atomic E-state index is 0.0515. The van der Waals surface area contributed by atoms with Gasteiger partial charge < -0.3 is 4.42 Å². The third-order valence-corrected chi connectivity index (χ3v) is 6.20. The Kier molecular flexibility index (Phi) is 5.91. The molecule has 9 heteroatoms. The molecule has 1 N–H and O–H groups in total. The van der Waals surface area contributed by atoms with Crippen LogP contribution in [0.25, 0.3) is 0 Å². The molecule has 146 valence electrons. The summed E-state index contributed by atoms with van der Waals surface area (Å²) in [5, 5.41) is 10.3. The van der Waals surface area contributed by atoms with E-state index in [0.717, 1.165) is 25.7 Å². The molecule has 1 aromatic heterocycles. The highest BCUT2D eigenvalue weighted by Gasteiger charge is 2.29. The van der Waals surface area contributed by atoms with Gasteiger partial charge in [-0.05, 0) is 49.9 Å². The van der Waals surface area contributed by atoms with E-state index in [4.69, 9.17) is 4.42 Å². The van der Waals surface area contributed by atoms with E-state index in [2.05, 4.69) is 15.5 Å². The Morgan fingerprint density at radius 2 is 1.78 bits per heavy atom. The second-order valence-corrected chi connectivity index (χ2v) is 8.54. The normalized spacial score (nSPS) is 14.5. The van der Waals surface area contributed by atoms with Crippen LogP contribution in [-0.4, -0.2) is 41.9 Å². The molecule has 8 nitrogen and oxygen atoms in total. The zero-order valence-electron chi connectivity index (χ0n) is 15.5.